The first kappa shape index (κ1) is 14.4. The van der Waals surface area contributed by atoms with Crippen LogP contribution in [0.5, 0.6) is 0 Å². The van der Waals surface area contributed by atoms with Crippen LogP contribution in [-0.2, 0) is 10.0 Å². The topological polar surface area (TPSA) is 109 Å². The highest BCUT2D eigenvalue weighted by atomic mass is 35.5. The largest absolute Gasteiger partial charge is 0.475 e. The molecule has 0 aliphatic rings. The number of aryl methyl sites for hydroxylation is 1. The van der Waals surface area contributed by atoms with Gasteiger partial charge in [-0.3, -0.25) is 4.72 Å². The monoisotopic (exact) mass is 316 g/mol. The summed E-state index contributed by atoms with van der Waals surface area (Å²) in [6.07, 6.45) is 1.28. The Morgan fingerprint density at radius 1 is 1.45 bits per heavy atom. The molecule has 0 radical (unpaired) electrons. The first-order valence-electron chi connectivity index (χ1n) is 5.28. The number of nitrogens with zero attached hydrogens (tertiary/aromatic N) is 1. The zero-order valence-corrected chi connectivity index (χ0v) is 11.7. The summed E-state index contributed by atoms with van der Waals surface area (Å²) < 4.78 is 31.3. The molecule has 2 N–H and O–H groups in total. The highest BCUT2D eigenvalue weighted by Crippen LogP contribution is 2.22. The van der Waals surface area contributed by atoms with Crippen molar-refractivity contribution in [1.82, 2.24) is 4.98 Å². The number of rotatable bonds is 4. The molecule has 0 fully saturated rings. The van der Waals surface area contributed by atoms with Crippen LogP contribution in [0.1, 0.15) is 16.3 Å². The number of anilines is 1. The number of carboxylic acids is 1. The van der Waals surface area contributed by atoms with Crippen molar-refractivity contribution in [3.05, 3.63) is 40.9 Å². The van der Waals surface area contributed by atoms with E-state index >= 15 is 0 Å². The third-order valence-electron chi connectivity index (χ3n) is 2.34. The molecule has 2 aromatic rings. The summed E-state index contributed by atoms with van der Waals surface area (Å²) in [6.45, 7) is 1.36. The minimum atomic E-state index is -3.98. The van der Waals surface area contributed by atoms with Gasteiger partial charge >= 0.3 is 5.97 Å². The fourth-order valence-electron chi connectivity index (χ4n) is 1.47. The van der Waals surface area contributed by atoms with Crippen molar-refractivity contribution in [1.29, 1.82) is 0 Å². The Balaban J connectivity index is 2.35. The van der Waals surface area contributed by atoms with Gasteiger partial charge in [0.25, 0.3) is 10.0 Å². The smallest absolute Gasteiger partial charge is 0.371 e. The minimum Gasteiger partial charge on any atom is -0.475 e. The number of halogens is 1. The van der Waals surface area contributed by atoms with Gasteiger partial charge in [0.1, 0.15) is 16.5 Å². The van der Waals surface area contributed by atoms with Crippen molar-refractivity contribution in [3.8, 4) is 0 Å². The fourth-order valence-corrected chi connectivity index (χ4v) is 2.77. The Bertz CT molecular complexity index is 752. The minimum absolute atomic E-state index is 0.0242. The third-order valence-corrected chi connectivity index (χ3v) is 4.02. The SMILES string of the molecule is Cc1oc(C(=O)O)cc1S(=O)(=O)Nc1ccc(Cl)cn1. The van der Waals surface area contributed by atoms with Gasteiger partial charge in [-0.1, -0.05) is 11.6 Å². The third kappa shape index (κ3) is 2.91. The number of hydrogen-bond donors (Lipinski definition) is 2. The molecule has 20 heavy (non-hydrogen) atoms. The summed E-state index contributed by atoms with van der Waals surface area (Å²) in [7, 11) is -3.98. The molecule has 0 atom stereocenters. The molecule has 0 saturated heterocycles. The summed E-state index contributed by atoms with van der Waals surface area (Å²) in [6, 6.07) is 3.79. The lowest BCUT2D eigenvalue weighted by Crippen LogP contribution is -2.14. The average Bonchev–Trinajstić information content (AvgIpc) is 2.75. The molecular formula is C11H9ClN2O5S. The van der Waals surface area contributed by atoms with Gasteiger partial charge in [-0.15, -0.1) is 0 Å². The zero-order valence-electron chi connectivity index (χ0n) is 10.1. The van der Waals surface area contributed by atoms with E-state index < -0.39 is 21.8 Å². The number of sulfonamides is 1. The van der Waals surface area contributed by atoms with Crippen LogP contribution in [0.4, 0.5) is 5.82 Å². The highest BCUT2D eigenvalue weighted by molar-refractivity contribution is 7.92. The number of carboxylic acid groups (broad SMARTS) is 1. The van der Waals surface area contributed by atoms with E-state index in [9.17, 15) is 13.2 Å². The van der Waals surface area contributed by atoms with Crippen LogP contribution < -0.4 is 4.72 Å². The van der Waals surface area contributed by atoms with E-state index in [1.807, 2.05) is 0 Å². The van der Waals surface area contributed by atoms with E-state index in [2.05, 4.69) is 9.71 Å². The first-order valence-corrected chi connectivity index (χ1v) is 7.14. The maximum Gasteiger partial charge on any atom is 0.371 e. The second-order valence-electron chi connectivity index (χ2n) is 3.80. The summed E-state index contributed by atoms with van der Waals surface area (Å²) >= 11 is 5.64. The Morgan fingerprint density at radius 2 is 2.15 bits per heavy atom. The van der Waals surface area contributed by atoms with E-state index in [1.165, 1.54) is 25.3 Å². The van der Waals surface area contributed by atoms with Gasteiger partial charge in [0, 0.05) is 12.3 Å². The van der Waals surface area contributed by atoms with Crippen LogP contribution in [0.3, 0.4) is 0 Å². The van der Waals surface area contributed by atoms with Crippen LogP contribution in [-0.4, -0.2) is 24.5 Å². The van der Waals surface area contributed by atoms with Gasteiger partial charge in [0.05, 0.1) is 5.02 Å². The number of aromatic carboxylic acids is 1. The van der Waals surface area contributed by atoms with E-state index in [-0.39, 0.29) is 16.5 Å². The maximum atomic E-state index is 12.1. The molecule has 0 bridgehead atoms. The van der Waals surface area contributed by atoms with Crippen molar-refractivity contribution in [3.63, 3.8) is 0 Å². The molecular weight excluding hydrogens is 308 g/mol. The fraction of sp³-hybridized carbons (Fsp3) is 0.0909. The van der Waals surface area contributed by atoms with E-state index in [4.69, 9.17) is 21.1 Å². The molecule has 0 aliphatic carbocycles. The summed E-state index contributed by atoms with van der Waals surface area (Å²) in [4.78, 5) is 14.3. The van der Waals surface area contributed by atoms with E-state index in [1.54, 1.807) is 0 Å². The predicted octanol–water partition coefficient (Wildman–Crippen LogP) is 2.14. The van der Waals surface area contributed by atoms with Gasteiger partial charge in [0.2, 0.25) is 5.76 Å². The van der Waals surface area contributed by atoms with Crippen molar-refractivity contribution < 1.29 is 22.7 Å². The average molecular weight is 317 g/mol. The van der Waals surface area contributed by atoms with Gasteiger partial charge in [-0.25, -0.2) is 18.2 Å². The Hall–Kier alpha value is -2.06. The van der Waals surface area contributed by atoms with Crippen molar-refractivity contribution in [2.45, 2.75) is 11.8 Å². The molecule has 0 amide bonds. The molecule has 2 heterocycles. The quantitative estimate of drug-likeness (QED) is 0.894. The van der Waals surface area contributed by atoms with Crippen LogP contribution in [0, 0.1) is 6.92 Å². The molecule has 106 valence electrons. The summed E-state index contributed by atoms with van der Waals surface area (Å²) in [5.74, 6) is -1.76. The number of nitrogens with one attached hydrogen (secondary N) is 1. The molecule has 2 aromatic heterocycles. The van der Waals surface area contributed by atoms with Crippen molar-refractivity contribution in [2.75, 3.05) is 4.72 Å². The predicted molar refractivity (Wildman–Crippen MR) is 70.5 cm³/mol. The maximum absolute atomic E-state index is 12.1. The van der Waals surface area contributed by atoms with E-state index in [0.29, 0.717) is 5.02 Å². The Labute approximate surface area is 119 Å². The number of pyridine rings is 1. The molecule has 2 rings (SSSR count). The summed E-state index contributed by atoms with van der Waals surface area (Å²) in [5.41, 5.74) is 0. The number of furan rings is 1. The lowest BCUT2D eigenvalue weighted by Gasteiger charge is -2.05. The van der Waals surface area contributed by atoms with Crippen LogP contribution >= 0.6 is 11.6 Å². The second-order valence-corrected chi connectivity index (χ2v) is 5.89. The van der Waals surface area contributed by atoms with Gasteiger partial charge < -0.3 is 9.52 Å². The lowest BCUT2D eigenvalue weighted by molar-refractivity contribution is 0.0661. The van der Waals surface area contributed by atoms with Gasteiger partial charge in [-0.2, -0.15) is 0 Å². The second kappa shape index (κ2) is 5.14. The first-order chi connectivity index (χ1) is 9.29. The van der Waals surface area contributed by atoms with Crippen molar-refractivity contribution in [2.24, 2.45) is 0 Å². The summed E-state index contributed by atoms with van der Waals surface area (Å²) in [5, 5.41) is 9.13. The van der Waals surface area contributed by atoms with Gasteiger partial charge in [0.15, 0.2) is 0 Å². The van der Waals surface area contributed by atoms with Crippen molar-refractivity contribution >= 4 is 33.4 Å². The number of aromatic nitrogens is 1. The highest BCUT2D eigenvalue weighted by Gasteiger charge is 2.24. The van der Waals surface area contributed by atoms with Crippen LogP contribution in [0.25, 0.3) is 0 Å². The molecule has 0 saturated carbocycles. The van der Waals surface area contributed by atoms with E-state index in [0.717, 1.165) is 6.07 Å². The van der Waals surface area contributed by atoms with Gasteiger partial charge in [-0.05, 0) is 19.1 Å². The van der Waals surface area contributed by atoms with Crippen LogP contribution in [0.2, 0.25) is 5.02 Å². The van der Waals surface area contributed by atoms with Crippen LogP contribution in [0.15, 0.2) is 33.7 Å². The molecule has 7 nitrogen and oxygen atoms in total. The Morgan fingerprint density at radius 3 is 2.65 bits per heavy atom. The normalized spacial score (nSPS) is 11.3. The molecule has 0 aromatic carbocycles. The molecule has 0 aliphatic heterocycles. The lowest BCUT2D eigenvalue weighted by atomic mass is 10.4. The number of carbonyl (C=O) groups is 1. The molecule has 0 unspecified atom stereocenters. The number of hydrogen-bond acceptors (Lipinski definition) is 5. The Kier molecular flexibility index (Phi) is 3.69. The molecule has 9 heteroatoms. The molecule has 0 spiro atoms. The standard InChI is InChI=1S/C11H9ClN2O5S/c1-6-9(4-8(19-6)11(15)16)20(17,18)14-10-3-2-7(12)5-13-10/h2-5H,1H3,(H,13,14)(H,15,16). The zero-order chi connectivity index (χ0) is 14.9.